The van der Waals surface area contributed by atoms with E-state index < -0.39 is 0 Å². The normalized spacial score (nSPS) is 19.1. The van der Waals surface area contributed by atoms with Gasteiger partial charge in [-0.1, -0.05) is 0 Å². The van der Waals surface area contributed by atoms with Crippen LogP contribution in [0.15, 0.2) is 18.2 Å². The number of esters is 1. The summed E-state index contributed by atoms with van der Waals surface area (Å²) in [7, 11) is 1.36. The van der Waals surface area contributed by atoms with Crippen molar-refractivity contribution >= 4 is 5.97 Å². The van der Waals surface area contributed by atoms with E-state index in [4.69, 9.17) is 10.00 Å². The van der Waals surface area contributed by atoms with Gasteiger partial charge in [-0.15, -0.1) is 0 Å². The van der Waals surface area contributed by atoms with Crippen LogP contribution >= 0.6 is 0 Å². The number of halogens is 1. The van der Waals surface area contributed by atoms with Crippen molar-refractivity contribution in [2.45, 2.75) is 25.4 Å². The number of ether oxygens (including phenoxy) is 1. The van der Waals surface area contributed by atoms with Crippen LogP contribution in [0.2, 0.25) is 0 Å². The average molecular weight is 262 g/mol. The molecule has 0 N–H and O–H groups in total. The van der Waals surface area contributed by atoms with E-state index in [1.165, 1.54) is 25.3 Å². The monoisotopic (exact) mass is 262 g/mol. The van der Waals surface area contributed by atoms with Gasteiger partial charge in [-0.25, -0.2) is 4.39 Å². The van der Waals surface area contributed by atoms with Gasteiger partial charge in [-0.05, 0) is 37.6 Å². The van der Waals surface area contributed by atoms with Crippen LogP contribution in [0.3, 0.4) is 0 Å². The first-order valence-corrected chi connectivity index (χ1v) is 6.16. The molecule has 0 aromatic heterocycles. The third-order valence-electron chi connectivity index (χ3n) is 3.39. The maximum Gasteiger partial charge on any atom is 0.323 e. The van der Waals surface area contributed by atoms with Crippen LogP contribution in [0.4, 0.5) is 4.39 Å². The third kappa shape index (κ3) is 2.91. The van der Waals surface area contributed by atoms with Gasteiger partial charge in [0.05, 0.1) is 18.7 Å². The molecule has 1 aliphatic rings. The van der Waals surface area contributed by atoms with Gasteiger partial charge in [-0.3, -0.25) is 9.69 Å². The zero-order valence-corrected chi connectivity index (χ0v) is 10.7. The molecular weight excluding hydrogens is 247 g/mol. The van der Waals surface area contributed by atoms with Gasteiger partial charge in [-0.2, -0.15) is 5.26 Å². The number of nitriles is 1. The summed E-state index contributed by atoms with van der Waals surface area (Å²) >= 11 is 0. The summed E-state index contributed by atoms with van der Waals surface area (Å²) in [5.74, 6) is -0.635. The van der Waals surface area contributed by atoms with Crippen LogP contribution in [0.5, 0.6) is 0 Å². The number of carbonyl (C=O) groups is 1. The number of benzene rings is 1. The molecule has 0 saturated carbocycles. The standard InChI is InChI=1S/C14H15FN2O2/c1-19-14(18)13-3-2-6-17(13)9-11-7-10(8-16)4-5-12(11)15/h4-5,7,13H,2-3,6,9H2,1H3/t13-/m0/s1. The number of carbonyl (C=O) groups excluding carboxylic acids is 1. The van der Waals surface area contributed by atoms with Crippen molar-refractivity contribution in [1.29, 1.82) is 5.26 Å². The molecule has 1 aromatic carbocycles. The predicted molar refractivity (Wildman–Crippen MR) is 66.6 cm³/mol. The Morgan fingerprint density at radius 2 is 2.42 bits per heavy atom. The van der Waals surface area contributed by atoms with E-state index in [1.807, 2.05) is 11.0 Å². The topological polar surface area (TPSA) is 53.3 Å². The molecular formula is C14H15FN2O2. The number of nitrogens with zero attached hydrogens (tertiary/aromatic N) is 2. The number of methoxy groups -OCH3 is 1. The van der Waals surface area contributed by atoms with Gasteiger partial charge in [0.15, 0.2) is 0 Å². The Balaban J connectivity index is 2.16. The van der Waals surface area contributed by atoms with Crippen LogP contribution in [0.25, 0.3) is 0 Å². The Kier molecular flexibility index (Phi) is 4.13. The highest BCUT2D eigenvalue weighted by atomic mass is 19.1. The molecule has 1 fully saturated rings. The van der Waals surface area contributed by atoms with Gasteiger partial charge >= 0.3 is 5.97 Å². The largest absolute Gasteiger partial charge is 0.468 e. The number of hydrogen-bond donors (Lipinski definition) is 0. The summed E-state index contributed by atoms with van der Waals surface area (Å²) < 4.78 is 18.5. The zero-order valence-electron chi connectivity index (χ0n) is 10.7. The summed E-state index contributed by atoms with van der Waals surface area (Å²) in [5, 5.41) is 8.83. The summed E-state index contributed by atoms with van der Waals surface area (Å²) in [6.45, 7) is 1.05. The van der Waals surface area contributed by atoms with Crippen LogP contribution in [-0.4, -0.2) is 30.6 Å². The molecule has 0 bridgehead atoms. The lowest BCUT2D eigenvalue weighted by molar-refractivity contribution is -0.146. The minimum atomic E-state index is -0.352. The van der Waals surface area contributed by atoms with Crippen LogP contribution in [0, 0.1) is 17.1 Å². The van der Waals surface area contributed by atoms with Crippen LogP contribution in [-0.2, 0) is 16.1 Å². The summed E-state index contributed by atoms with van der Waals surface area (Å²) in [6, 6.07) is 5.94. The number of hydrogen-bond acceptors (Lipinski definition) is 4. The summed E-state index contributed by atoms with van der Waals surface area (Å²) in [4.78, 5) is 13.5. The highest BCUT2D eigenvalue weighted by Gasteiger charge is 2.31. The maximum absolute atomic E-state index is 13.7. The van der Waals surface area contributed by atoms with Gasteiger partial charge in [0.1, 0.15) is 11.9 Å². The molecule has 5 heteroatoms. The molecule has 1 atom stereocenters. The first-order valence-electron chi connectivity index (χ1n) is 6.16. The van der Waals surface area contributed by atoms with Crippen LogP contribution < -0.4 is 0 Å². The lowest BCUT2D eigenvalue weighted by Crippen LogP contribution is -2.36. The predicted octanol–water partition coefficient (Wildman–Crippen LogP) is 1.83. The van der Waals surface area contributed by atoms with Crippen molar-refractivity contribution in [3.8, 4) is 6.07 Å². The lowest BCUT2D eigenvalue weighted by Gasteiger charge is -2.22. The quantitative estimate of drug-likeness (QED) is 0.780. The summed E-state index contributed by atoms with van der Waals surface area (Å²) in [5.41, 5.74) is 0.861. The van der Waals surface area contributed by atoms with Crippen molar-refractivity contribution in [2.24, 2.45) is 0 Å². The van der Waals surface area contributed by atoms with Crippen molar-refractivity contribution in [2.75, 3.05) is 13.7 Å². The fraction of sp³-hybridized carbons (Fsp3) is 0.429. The minimum absolute atomic E-state index is 0.283. The van der Waals surface area contributed by atoms with E-state index >= 15 is 0 Å². The third-order valence-corrected chi connectivity index (χ3v) is 3.39. The Labute approximate surface area is 111 Å². The van der Waals surface area contributed by atoms with Crippen molar-refractivity contribution in [3.63, 3.8) is 0 Å². The molecule has 1 saturated heterocycles. The average Bonchev–Trinajstić information content (AvgIpc) is 2.88. The Bertz CT molecular complexity index is 525. The summed E-state index contributed by atoms with van der Waals surface area (Å²) in [6.07, 6.45) is 1.62. The van der Waals surface area contributed by atoms with E-state index in [0.717, 1.165) is 19.4 Å². The second-order valence-corrected chi connectivity index (χ2v) is 4.57. The lowest BCUT2D eigenvalue weighted by atomic mass is 10.1. The highest BCUT2D eigenvalue weighted by Crippen LogP contribution is 2.22. The first kappa shape index (κ1) is 13.5. The molecule has 0 radical (unpaired) electrons. The Hall–Kier alpha value is -1.93. The van der Waals surface area contributed by atoms with Crippen molar-refractivity contribution < 1.29 is 13.9 Å². The molecule has 1 aliphatic heterocycles. The van der Waals surface area contributed by atoms with Gasteiger partial charge < -0.3 is 4.74 Å². The van der Waals surface area contributed by atoms with Gasteiger partial charge in [0, 0.05) is 12.1 Å². The smallest absolute Gasteiger partial charge is 0.323 e. The molecule has 0 amide bonds. The molecule has 0 spiro atoms. The SMILES string of the molecule is COC(=O)[C@@H]1CCCN1Cc1cc(C#N)ccc1F. The Morgan fingerprint density at radius 3 is 3.11 bits per heavy atom. The molecule has 1 aromatic rings. The van der Waals surface area contributed by atoms with E-state index in [2.05, 4.69) is 0 Å². The number of rotatable bonds is 3. The molecule has 0 unspecified atom stereocenters. The molecule has 19 heavy (non-hydrogen) atoms. The second kappa shape index (κ2) is 5.81. The van der Waals surface area contributed by atoms with Crippen molar-refractivity contribution in [3.05, 3.63) is 35.1 Å². The molecule has 4 nitrogen and oxygen atoms in total. The highest BCUT2D eigenvalue weighted by molar-refractivity contribution is 5.75. The molecule has 0 aliphatic carbocycles. The second-order valence-electron chi connectivity index (χ2n) is 4.57. The van der Waals surface area contributed by atoms with E-state index in [0.29, 0.717) is 17.7 Å². The van der Waals surface area contributed by atoms with Gasteiger partial charge in [0.2, 0.25) is 0 Å². The maximum atomic E-state index is 13.7. The van der Waals surface area contributed by atoms with E-state index in [-0.39, 0.29) is 17.8 Å². The van der Waals surface area contributed by atoms with Gasteiger partial charge in [0.25, 0.3) is 0 Å². The van der Waals surface area contributed by atoms with E-state index in [1.54, 1.807) is 0 Å². The van der Waals surface area contributed by atoms with Crippen molar-refractivity contribution in [1.82, 2.24) is 4.90 Å². The first-order chi connectivity index (χ1) is 9.15. The fourth-order valence-electron chi connectivity index (χ4n) is 2.40. The zero-order chi connectivity index (χ0) is 13.8. The molecule has 1 heterocycles. The van der Waals surface area contributed by atoms with Crippen LogP contribution in [0.1, 0.15) is 24.0 Å². The molecule has 100 valence electrons. The number of likely N-dealkylation sites (tertiary alicyclic amines) is 1. The minimum Gasteiger partial charge on any atom is -0.468 e. The molecule has 2 rings (SSSR count). The Morgan fingerprint density at radius 1 is 1.63 bits per heavy atom. The van der Waals surface area contributed by atoms with E-state index in [9.17, 15) is 9.18 Å². The fourth-order valence-corrected chi connectivity index (χ4v) is 2.40.